The minimum atomic E-state index is -2.84. The van der Waals surface area contributed by atoms with E-state index in [1.165, 1.54) is 22.3 Å². The van der Waals surface area contributed by atoms with Crippen LogP contribution in [0.5, 0.6) is 0 Å². The Morgan fingerprint density at radius 1 is 1.26 bits per heavy atom. The zero-order valence-electron chi connectivity index (χ0n) is 11.9. The zero-order valence-corrected chi connectivity index (χ0v) is 12.8. The SMILES string of the molecule is CCc1ccc(C2=CCS(=O)(=O)CC2)cc1C(C)C. The summed E-state index contributed by atoms with van der Waals surface area (Å²) >= 11 is 0. The van der Waals surface area contributed by atoms with E-state index in [-0.39, 0.29) is 11.5 Å². The van der Waals surface area contributed by atoms with Gasteiger partial charge in [-0.15, -0.1) is 0 Å². The van der Waals surface area contributed by atoms with Gasteiger partial charge in [-0.05, 0) is 41.0 Å². The molecule has 0 amide bonds. The normalized spacial score (nSPS) is 18.4. The van der Waals surface area contributed by atoms with Gasteiger partial charge in [0.2, 0.25) is 0 Å². The number of benzene rings is 1. The summed E-state index contributed by atoms with van der Waals surface area (Å²) < 4.78 is 22.9. The number of hydrogen-bond acceptors (Lipinski definition) is 2. The molecule has 1 aromatic rings. The summed E-state index contributed by atoms with van der Waals surface area (Å²) in [6, 6.07) is 6.57. The summed E-state index contributed by atoms with van der Waals surface area (Å²) in [6.07, 6.45) is 3.57. The Kier molecular flexibility index (Phi) is 4.14. The van der Waals surface area contributed by atoms with Crippen molar-refractivity contribution in [1.82, 2.24) is 0 Å². The summed E-state index contributed by atoms with van der Waals surface area (Å²) in [6.45, 7) is 6.59. The van der Waals surface area contributed by atoms with Crippen LogP contribution < -0.4 is 0 Å². The molecule has 0 fully saturated rings. The summed E-state index contributed by atoms with van der Waals surface area (Å²) in [5.41, 5.74) is 5.15. The maximum Gasteiger partial charge on any atom is 0.154 e. The predicted molar refractivity (Wildman–Crippen MR) is 81.2 cm³/mol. The minimum absolute atomic E-state index is 0.189. The molecule has 19 heavy (non-hydrogen) atoms. The lowest BCUT2D eigenvalue weighted by molar-refractivity contribution is 0.597. The van der Waals surface area contributed by atoms with Crippen LogP contribution in [-0.4, -0.2) is 19.9 Å². The van der Waals surface area contributed by atoms with Crippen LogP contribution in [0.1, 0.15) is 49.8 Å². The van der Waals surface area contributed by atoms with E-state index in [1.807, 2.05) is 6.08 Å². The molecule has 0 radical (unpaired) electrons. The fraction of sp³-hybridized carbons (Fsp3) is 0.500. The smallest absolute Gasteiger partial charge is 0.154 e. The molecule has 1 aliphatic heterocycles. The maximum atomic E-state index is 11.5. The van der Waals surface area contributed by atoms with E-state index in [0.29, 0.717) is 12.3 Å². The van der Waals surface area contributed by atoms with Crippen LogP contribution >= 0.6 is 0 Å². The topological polar surface area (TPSA) is 34.1 Å². The van der Waals surface area contributed by atoms with Crippen molar-refractivity contribution in [3.8, 4) is 0 Å². The van der Waals surface area contributed by atoms with Gasteiger partial charge < -0.3 is 0 Å². The third kappa shape index (κ3) is 3.27. The number of hydrogen-bond donors (Lipinski definition) is 0. The minimum Gasteiger partial charge on any atom is -0.229 e. The second-order valence-corrected chi connectivity index (χ2v) is 7.74. The van der Waals surface area contributed by atoms with Crippen molar-refractivity contribution in [2.24, 2.45) is 0 Å². The van der Waals surface area contributed by atoms with E-state index in [0.717, 1.165) is 6.42 Å². The number of sulfone groups is 1. The van der Waals surface area contributed by atoms with Crippen LogP contribution in [0.15, 0.2) is 24.3 Å². The van der Waals surface area contributed by atoms with Crippen LogP contribution in [0.3, 0.4) is 0 Å². The molecule has 2 rings (SSSR count). The van der Waals surface area contributed by atoms with Crippen molar-refractivity contribution in [1.29, 1.82) is 0 Å². The van der Waals surface area contributed by atoms with Crippen LogP contribution in [-0.2, 0) is 16.3 Å². The third-order valence-electron chi connectivity index (χ3n) is 3.79. The molecule has 1 aliphatic rings. The molecule has 104 valence electrons. The van der Waals surface area contributed by atoms with Crippen molar-refractivity contribution < 1.29 is 8.42 Å². The molecular weight excluding hydrogens is 256 g/mol. The van der Waals surface area contributed by atoms with Crippen molar-refractivity contribution in [2.45, 2.75) is 39.5 Å². The van der Waals surface area contributed by atoms with Gasteiger partial charge in [0.25, 0.3) is 0 Å². The standard InChI is InChI=1S/C16H22O2S/c1-4-13-5-6-15(11-16(13)12(2)3)14-7-9-19(17,18)10-8-14/h5-7,11-12H,4,8-10H2,1-3H3. The average molecular weight is 278 g/mol. The first-order valence-corrected chi connectivity index (χ1v) is 8.77. The zero-order chi connectivity index (χ0) is 14.0. The molecule has 0 saturated carbocycles. The Balaban J connectivity index is 2.37. The van der Waals surface area contributed by atoms with Crippen LogP contribution in [0.4, 0.5) is 0 Å². The molecule has 0 bridgehead atoms. The second kappa shape index (κ2) is 5.49. The van der Waals surface area contributed by atoms with Gasteiger partial charge in [-0.1, -0.05) is 45.0 Å². The number of allylic oxidation sites excluding steroid dienone is 1. The van der Waals surface area contributed by atoms with Crippen molar-refractivity contribution in [3.05, 3.63) is 41.0 Å². The Morgan fingerprint density at radius 2 is 2.00 bits per heavy atom. The Hall–Kier alpha value is -1.09. The highest BCUT2D eigenvalue weighted by molar-refractivity contribution is 7.91. The maximum absolute atomic E-state index is 11.5. The van der Waals surface area contributed by atoms with E-state index in [9.17, 15) is 8.42 Å². The van der Waals surface area contributed by atoms with Crippen LogP contribution in [0, 0.1) is 0 Å². The van der Waals surface area contributed by atoms with Gasteiger partial charge in [-0.3, -0.25) is 0 Å². The van der Waals surface area contributed by atoms with Gasteiger partial charge in [-0.25, -0.2) is 8.42 Å². The lowest BCUT2D eigenvalue weighted by atomic mass is 9.91. The van der Waals surface area contributed by atoms with Gasteiger partial charge >= 0.3 is 0 Å². The Labute approximate surface area is 116 Å². The van der Waals surface area contributed by atoms with E-state index >= 15 is 0 Å². The summed E-state index contributed by atoms with van der Waals surface area (Å²) in [7, 11) is -2.84. The first-order valence-electron chi connectivity index (χ1n) is 6.95. The summed E-state index contributed by atoms with van der Waals surface area (Å²) in [5, 5.41) is 0. The largest absolute Gasteiger partial charge is 0.229 e. The molecule has 3 heteroatoms. The van der Waals surface area contributed by atoms with Crippen molar-refractivity contribution in [3.63, 3.8) is 0 Å². The lowest BCUT2D eigenvalue weighted by Crippen LogP contribution is -2.15. The Bertz CT molecular complexity index is 595. The molecule has 1 aromatic carbocycles. The molecule has 0 saturated heterocycles. The first kappa shape index (κ1) is 14.3. The van der Waals surface area contributed by atoms with Crippen molar-refractivity contribution in [2.75, 3.05) is 11.5 Å². The Morgan fingerprint density at radius 3 is 2.53 bits per heavy atom. The molecule has 0 spiro atoms. The van der Waals surface area contributed by atoms with E-state index in [1.54, 1.807) is 0 Å². The fourth-order valence-corrected chi connectivity index (χ4v) is 3.75. The molecule has 0 aromatic heterocycles. The highest BCUT2D eigenvalue weighted by atomic mass is 32.2. The van der Waals surface area contributed by atoms with Gasteiger partial charge in [-0.2, -0.15) is 0 Å². The average Bonchev–Trinajstić information content (AvgIpc) is 2.38. The number of aryl methyl sites for hydroxylation is 1. The predicted octanol–water partition coefficient (Wildman–Crippen LogP) is 3.57. The second-order valence-electron chi connectivity index (χ2n) is 5.52. The fourth-order valence-electron chi connectivity index (χ4n) is 2.59. The third-order valence-corrected chi connectivity index (χ3v) is 5.29. The lowest BCUT2D eigenvalue weighted by Gasteiger charge is -2.17. The van der Waals surface area contributed by atoms with E-state index < -0.39 is 9.84 Å². The molecule has 0 N–H and O–H groups in total. The first-order chi connectivity index (χ1) is 8.93. The molecule has 1 heterocycles. The number of rotatable bonds is 3. The monoisotopic (exact) mass is 278 g/mol. The summed E-state index contributed by atoms with van der Waals surface area (Å²) in [4.78, 5) is 0. The highest BCUT2D eigenvalue weighted by Gasteiger charge is 2.18. The van der Waals surface area contributed by atoms with Crippen LogP contribution in [0.2, 0.25) is 0 Å². The van der Waals surface area contributed by atoms with E-state index in [4.69, 9.17) is 0 Å². The van der Waals surface area contributed by atoms with Gasteiger partial charge in [0.05, 0.1) is 11.5 Å². The molecule has 2 nitrogen and oxygen atoms in total. The van der Waals surface area contributed by atoms with Gasteiger partial charge in [0.1, 0.15) is 0 Å². The molecule has 0 unspecified atom stereocenters. The van der Waals surface area contributed by atoms with Crippen molar-refractivity contribution >= 4 is 15.4 Å². The summed E-state index contributed by atoms with van der Waals surface area (Å²) in [5.74, 6) is 0.975. The van der Waals surface area contributed by atoms with Crippen LogP contribution in [0.25, 0.3) is 5.57 Å². The molecule has 0 atom stereocenters. The molecular formula is C16H22O2S. The quantitative estimate of drug-likeness (QED) is 0.847. The van der Waals surface area contributed by atoms with Gasteiger partial charge in [0, 0.05) is 0 Å². The molecule has 0 aliphatic carbocycles. The highest BCUT2D eigenvalue weighted by Crippen LogP contribution is 2.28. The van der Waals surface area contributed by atoms with Gasteiger partial charge in [0.15, 0.2) is 9.84 Å². The van der Waals surface area contributed by atoms with E-state index in [2.05, 4.69) is 39.0 Å².